The molecule has 0 aliphatic heterocycles. The molecule has 0 radical (unpaired) electrons. The molecule has 0 spiro atoms. The topological polar surface area (TPSA) is 71.1 Å². The van der Waals surface area contributed by atoms with Gasteiger partial charge in [-0.1, -0.05) is 24.3 Å². The number of hydrogen-bond donors (Lipinski definition) is 0. The molecule has 6 nitrogen and oxygen atoms in total. The lowest BCUT2D eigenvalue weighted by Gasteiger charge is -2.27. The molecule has 132 valence electrons. The van der Waals surface area contributed by atoms with Crippen LogP contribution in [-0.2, 0) is 27.2 Å². The van der Waals surface area contributed by atoms with E-state index in [4.69, 9.17) is 18.1 Å². The highest BCUT2D eigenvalue weighted by atomic mass is 31.2. The fourth-order valence-corrected chi connectivity index (χ4v) is 7.11. The zero-order valence-corrected chi connectivity index (χ0v) is 16.0. The molecule has 0 atom stereocenters. The van der Waals surface area contributed by atoms with Crippen LogP contribution in [0.15, 0.2) is 34.9 Å². The van der Waals surface area contributed by atoms with Crippen LogP contribution in [0.5, 0.6) is 0 Å². The Morgan fingerprint density at radius 3 is 1.61 bits per heavy atom. The lowest BCUT2D eigenvalue weighted by molar-refractivity contribution is 0.214. The standard InChI is InChI=1S/C15H26O6P2/c1-5-18-22(16,19-6-2)15(14-12-10-9-11-13-14)23(17,20-7-3)21-8-4/h9-12H,5-8,13H2,1-4H3. The van der Waals surface area contributed by atoms with E-state index in [0.717, 1.165) is 0 Å². The molecule has 23 heavy (non-hydrogen) atoms. The van der Waals surface area contributed by atoms with Crippen molar-refractivity contribution in [3.63, 3.8) is 0 Å². The number of allylic oxidation sites excluding steroid dienone is 5. The van der Waals surface area contributed by atoms with Gasteiger partial charge in [0.1, 0.15) is 0 Å². The first kappa shape index (κ1) is 20.6. The summed E-state index contributed by atoms with van der Waals surface area (Å²) in [5.41, 5.74) is 0.586. The normalized spacial score (nSPS) is 15.2. The van der Waals surface area contributed by atoms with Gasteiger partial charge in [0.05, 0.1) is 26.4 Å². The predicted octanol–water partition coefficient (Wildman–Crippen LogP) is 5.25. The van der Waals surface area contributed by atoms with Crippen LogP contribution in [0.4, 0.5) is 0 Å². The van der Waals surface area contributed by atoms with Crippen LogP contribution in [0.25, 0.3) is 0 Å². The SMILES string of the molecule is CCOP(=O)(OCC)C(=C1C=CC=CC1)P(=O)(OCC)OCC. The van der Waals surface area contributed by atoms with Gasteiger partial charge in [0, 0.05) is 0 Å². The van der Waals surface area contributed by atoms with E-state index in [1.165, 1.54) is 0 Å². The summed E-state index contributed by atoms with van der Waals surface area (Å²) in [4.78, 5) is 0. The Balaban J connectivity index is 3.54. The largest absolute Gasteiger partial charge is 0.369 e. The number of rotatable bonds is 10. The molecule has 0 aromatic rings. The van der Waals surface area contributed by atoms with Gasteiger partial charge in [0.2, 0.25) is 0 Å². The van der Waals surface area contributed by atoms with Crippen molar-refractivity contribution in [2.24, 2.45) is 0 Å². The summed E-state index contributed by atoms with van der Waals surface area (Å²) in [6, 6.07) is 0. The molecular formula is C15H26O6P2. The van der Waals surface area contributed by atoms with Gasteiger partial charge in [0.25, 0.3) is 0 Å². The maximum Gasteiger partial charge on any atom is 0.369 e. The van der Waals surface area contributed by atoms with Crippen molar-refractivity contribution in [1.29, 1.82) is 0 Å². The van der Waals surface area contributed by atoms with Gasteiger partial charge in [-0.2, -0.15) is 0 Å². The van der Waals surface area contributed by atoms with Crippen molar-refractivity contribution in [3.8, 4) is 0 Å². The van der Waals surface area contributed by atoms with Gasteiger partial charge in [-0.15, -0.1) is 0 Å². The molecule has 1 aliphatic rings. The van der Waals surface area contributed by atoms with Crippen LogP contribution in [0.1, 0.15) is 34.1 Å². The third kappa shape index (κ3) is 5.25. The van der Waals surface area contributed by atoms with Gasteiger partial charge in [-0.3, -0.25) is 9.13 Å². The molecule has 1 rings (SSSR count). The van der Waals surface area contributed by atoms with Crippen LogP contribution in [0.2, 0.25) is 0 Å². The summed E-state index contributed by atoms with van der Waals surface area (Å²) in [6.07, 6.45) is 7.72. The van der Waals surface area contributed by atoms with Crippen molar-refractivity contribution in [2.45, 2.75) is 34.1 Å². The van der Waals surface area contributed by atoms with E-state index in [0.29, 0.717) is 12.0 Å². The molecule has 0 bridgehead atoms. The van der Waals surface area contributed by atoms with Crippen molar-refractivity contribution < 1.29 is 27.2 Å². The number of hydrogen-bond acceptors (Lipinski definition) is 6. The summed E-state index contributed by atoms with van der Waals surface area (Å²) in [6.45, 7) is 7.46. The Morgan fingerprint density at radius 1 is 0.870 bits per heavy atom. The minimum atomic E-state index is -3.80. The zero-order chi connectivity index (χ0) is 17.3. The van der Waals surface area contributed by atoms with Crippen LogP contribution in [0.3, 0.4) is 0 Å². The Hall–Kier alpha value is -0.480. The molecule has 0 unspecified atom stereocenters. The monoisotopic (exact) mass is 364 g/mol. The first-order chi connectivity index (χ1) is 11.0. The quantitative estimate of drug-likeness (QED) is 0.493. The van der Waals surface area contributed by atoms with E-state index in [1.54, 1.807) is 39.8 Å². The minimum Gasteiger partial charge on any atom is -0.305 e. The third-order valence-electron chi connectivity index (χ3n) is 2.88. The Morgan fingerprint density at radius 2 is 1.30 bits per heavy atom. The van der Waals surface area contributed by atoms with Gasteiger partial charge in [-0.25, -0.2) is 0 Å². The maximum atomic E-state index is 13.3. The molecule has 0 fully saturated rings. The van der Waals surface area contributed by atoms with Crippen molar-refractivity contribution >= 4 is 15.2 Å². The van der Waals surface area contributed by atoms with Crippen molar-refractivity contribution in [1.82, 2.24) is 0 Å². The lowest BCUT2D eigenvalue weighted by atomic mass is 10.1. The zero-order valence-electron chi connectivity index (χ0n) is 14.2. The van der Waals surface area contributed by atoms with Gasteiger partial charge < -0.3 is 18.1 Å². The average molecular weight is 364 g/mol. The third-order valence-corrected chi connectivity index (χ3v) is 8.36. The second kappa shape index (κ2) is 9.73. The highest BCUT2D eigenvalue weighted by molar-refractivity contribution is 7.78. The second-order valence-corrected chi connectivity index (χ2v) is 8.78. The summed E-state index contributed by atoms with van der Waals surface area (Å²) in [5, 5.41) is 0.0120. The Kier molecular flexibility index (Phi) is 8.70. The second-order valence-electron chi connectivity index (χ2n) is 4.51. The highest BCUT2D eigenvalue weighted by Crippen LogP contribution is 2.75. The van der Waals surface area contributed by atoms with Gasteiger partial charge >= 0.3 is 15.2 Å². The molecule has 0 aromatic carbocycles. The van der Waals surface area contributed by atoms with Crippen LogP contribution in [-0.4, -0.2) is 26.4 Å². The van der Waals surface area contributed by atoms with E-state index >= 15 is 0 Å². The Bertz CT molecular complexity index is 512. The maximum absolute atomic E-state index is 13.3. The first-order valence-corrected chi connectivity index (χ1v) is 10.9. The lowest BCUT2D eigenvalue weighted by Crippen LogP contribution is -2.07. The smallest absolute Gasteiger partial charge is 0.305 e. The molecule has 8 heteroatoms. The van der Waals surface area contributed by atoms with Gasteiger partial charge in [-0.05, 0) is 39.7 Å². The first-order valence-electron chi connectivity index (χ1n) is 7.83. The molecule has 0 saturated heterocycles. The van der Waals surface area contributed by atoms with E-state index in [2.05, 4.69) is 0 Å². The molecule has 1 aliphatic carbocycles. The molecule has 0 saturated carbocycles. The van der Waals surface area contributed by atoms with E-state index in [9.17, 15) is 9.13 Å². The fraction of sp³-hybridized carbons (Fsp3) is 0.600. The summed E-state index contributed by atoms with van der Waals surface area (Å²) >= 11 is 0. The molecule has 0 heterocycles. The van der Waals surface area contributed by atoms with Gasteiger partial charge in [0.15, 0.2) is 5.06 Å². The van der Waals surface area contributed by atoms with Crippen molar-refractivity contribution in [2.75, 3.05) is 26.4 Å². The summed E-state index contributed by atoms with van der Waals surface area (Å²) in [7, 11) is -7.60. The Labute approximate surface area is 138 Å². The van der Waals surface area contributed by atoms with Crippen molar-refractivity contribution in [3.05, 3.63) is 34.9 Å². The van der Waals surface area contributed by atoms with E-state index in [1.807, 2.05) is 12.2 Å². The molecule has 0 amide bonds. The van der Waals surface area contributed by atoms with Crippen LogP contribution >= 0.6 is 15.2 Å². The predicted molar refractivity (Wildman–Crippen MR) is 91.6 cm³/mol. The molecule has 0 N–H and O–H groups in total. The summed E-state index contributed by atoms with van der Waals surface area (Å²) in [5.74, 6) is 0. The summed E-state index contributed by atoms with van der Waals surface area (Å²) < 4.78 is 48.3. The highest BCUT2D eigenvalue weighted by Gasteiger charge is 2.46. The minimum absolute atomic E-state index is 0.0120. The molecule has 0 aromatic heterocycles. The van der Waals surface area contributed by atoms with Crippen LogP contribution < -0.4 is 0 Å². The van der Waals surface area contributed by atoms with Crippen LogP contribution in [0, 0.1) is 0 Å². The molecular weight excluding hydrogens is 338 g/mol. The van der Waals surface area contributed by atoms with E-state index in [-0.39, 0.29) is 31.5 Å². The average Bonchev–Trinajstić information content (AvgIpc) is 2.49. The van der Waals surface area contributed by atoms with E-state index < -0.39 is 15.2 Å². The fourth-order valence-electron chi connectivity index (χ4n) is 2.18.